The third-order valence-electron chi connectivity index (χ3n) is 2.24. The number of rotatable bonds is 6. The Kier molecular flexibility index (Phi) is 4.04. The number of hydrogen-bond donors (Lipinski definition) is 1. The van der Waals surface area contributed by atoms with Gasteiger partial charge in [-0.05, 0) is 11.8 Å². The van der Waals surface area contributed by atoms with Crippen LogP contribution in [-0.2, 0) is 17.6 Å². The summed E-state index contributed by atoms with van der Waals surface area (Å²) in [7, 11) is 0. The van der Waals surface area contributed by atoms with E-state index in [-0.39, 0.29) is 11.8 Å². The van der Waals surface area contributed by atoms with Gasteiger partial charge in [0.1, 0.15) is 0 Å². The molecule has 1 aromatic rings. The van der Waals surface area contributed by atoms with Crippen LogP contribution in [0.25, 0.3) is 0 Å². The van der Waals surface area contributed by atoms with E-state index >= 15 is 0 Å². The number of carbonyl (C=O) groups is 1. The Morgan fingerprint density at radius 1 is 1.50 bits per heavy atom. The Hall–Kier alpha value is -1.39. The molecule has 0 radical (unpaired) electrons. The molecule has 0 aliphatic carbocycles. The Morgan fingerprint density at radius 3 is 2.75 bits per heavy atom. The molecule has 0 amide bonds. The summed E-state index contributed by atoms with van der Waals surface area (Å²) in [5.41, 5.74) is -0.359. The van der Waals surface area contributed by atoms with E-state index in [2.05, 4.69) is 10.1 Å². The molecule has 0 aliphatic heterocycles. The minimum absolute atomic E-state index is 0.0957. The Bertz CT molecular complexity index is 358. The first kappa shape index (κ1) is 12.7. The summed E-state index contributed by atoms with van der Waals surface area (Å²) in [5, 5.41) is 12.6. The Labute approximate surface area is 94.9 Å². The third-order valence-corrected chi connectivity index (χ3v) is 2.24. The van der Waals surface area contributed by atoms with E-state index < -0.39 is 5.97 Å². The molecule has 0 aromatic carbocycles. The van der Waals surface area contributed by atoms with Gasteiger partial charge in [-0.3, -0.25) is 4.79 Å². The molecule has 90 valence electrons. The summed E-state index contributed by atoms with van der Waals surface area (Å²) in [6.07, 6.45) is 2.36. The summed E-state index contributed by atoms with van der Waals surface area (Å²) in [6.45, 7) is 5.81. The van der Waals surface area contributed by atoms with Crippen LogP contribution in [0.1, 0.15) is 45.3 Å². The van der Waals surface area contributed by atoms with Crippen molar-refractivity contribution in [2.24, 2.45) is 5.41 Å². The molecule has 0 saturated heterocycles. The van der Waals surface area contributed by atoms with Crippen molar-refractivity contribution in [2.45, 2.75) is 46.5 Å². The first-order valence-electron chi connectivity index (χ1n) is 5.46. The van der Waals surface area contributed by atoms with Crippen molar-refractivity contribution in [3.63, 3.8) is 0 Å². The fourth-order valence-electron chi connectivity index (χ4n) is 1.57. The molecule has 0 fully saturated rings. The van der Waals surface area contributed by atoms with Crippen molar-refractivity contribution < 1.29 is 14.4 Å². The van der Waals surface area contributed by atoms with E-state index in [1.54, 1.807) is 0 Å². The quantitative estimate of drug-likeness (QED) is 0.803. The second kappa shape index (κ2) is 5.09. The number of aromatic nitrogens is 2. The molecule has 5 heteroatoms. The molecule has 0 bridgehead atoms. The summed E-state index contributed by atoms with van der Waals surface area (Å²) >= 11 is 0. The zero-order chi connectivity index (χ0) is 12.2. The summed E-state index contributed by atoms with van der Waals surface area (Å²) in [6, 6.07) is 0. The highest BCUT2D eigenvalue weighted by atomic mass is 16.5. The van der Waals surface area contributed by atoms with E-state index in [1.165, 1.54) is 0 Å². The first-order valence-corrected chi connectivity index (χ1v) is 5.46. The molecule has 1 N–H and O–H groups in total. The summed E-state index contributed by atoms with van der Waals surface area (Å²) < 4.78 is 5.08. The van der Waals surface area contributed by atoms with E-state index in [4.69, 9.17) is 9.63 Å². The molecule has 1 aromatic heterocycles. The molecule has 0 unspecified atom stereocenters. The molecule has 0 saturated carbocycles. The first-order chi connectivity index (χ1) is 7.43. The lowest BCUT2D eigenvalue weighted by Crippen LogP contribution is -2.19. The van der Waals surface area contributed by atoms with Crippen LogP contribution in [0.3, 0.4) is 0 Å². The number of carboxylic acids is 1. The Morgan fingerprint density at radius 2 is 2.19 bits per heavy atom. The molecule has 1 rings (SSSR count). The standard InChI is InChI=1S/C11H18N2O3/c1-4-5-8-12-9(16-13-8)6-11(2,3)7-10(14)15/h4-7H2,1-3H3,(H,14,15). The van der Waals surface area contributed by atoms with Gasteiger partial charge in [-0.2, -0.15) is 4.98 Å². The molecule has 0 spiro atoms. The van der Waals surface area contributed by atoms with Gasteiger partial charge in [0.2, 0.25) is 5.89 Å². The third kappa shape index (κ3) is 4.00. The van der Waals surface area contributed by atoms with Crippen molar-refractivity contribution >= 4 is 5.97 Å². The summed E-state index contributed by atoms with van der Waals surface area (Å²) in [4.78, 5) is 14.9. The minimum atomic E-state index is -0.807. The van der Waals surface area contributed by atoms with Crippen molar-refractivity contribution in [1.29, 1.82) is 0 Å². The maximum Gasteiger partial charge on any atom is 0.303 e. The number of aliphatic carboxylic acids is 1. The topological polar surface area (TPSA) is 76.2 Å². The van der Waals surface area contributed by atoms with E-state index in [0.717, 1.165) is 12.8 Å². The van der Waals surface area contributed by atoms with Gasteiger partial charge >= 0.3 is 5.97 Å². The second-order valence-corrected chi connectivity index (χ2v) is 4.77. The van der Waals surface area contributed by atoms with Crippen LogP contribution in [-0.4, -0.2) is 21.2 Å². The van der Waals surface area contributed by atoms with E-state index in [9.17, 15) is 4.79 Å². The van der Waals surface area contributed by atoms with Gasteiger partial charge in [-0.1, -0.05) is 25.9 Å². The number of nitrogens with zero attached hydrogens (tertiary/aromatic N) is 2. The van der Waals surface area contributed by atoms with Crippen molar-refractivity contribution in [3.8, 4) is 0 Å². The second-order valence-electron chi connectivity index (χ2n) is 4.77. The van der Waals surface area contributed by atoms with Gasteiger partial charge < -0.3 is 9.63 Å². The van der Waals surface area contributed by atoms with Crippen LogP contribution >= 0.6 is 0 Å². The fourth-order valence-corrected chi connectivity index (χ4v) is 1.57. The average molecular weight is 226 g/mol. The molecule has 0 aliphatic rings. The molecular weight excluding hydrogens is 208 g/mol. The highest BCUT2D eigenvalue weighted by molar-refractivity contribution is 5.67. The van der Waals surface area contributed by atoms with Crippen molar-refractivity contribution in [2.75, 3.05) is 0 Å². The SMILES string of the molecule is CCCc1noc(CC(C)(C)CC(=O)O)n1. The highest BCUT2D eigenvalue weighted by Gasteiger charge is 2.25. The van der Waals surface area contributed by atoms with Crippen molar-refractivity contribution in [3.05, 3.63) is 11.7 Å². The molecular formula is C11H18N2O3. The van der Waals surface area contributed by atoms with Crippen LogP contribution in [0.4, 0.5) is 0 Å². The summed E-state index contributed by atoms with van der Waals surface area (Å²) in [5.74, 6) is 0.414. The smallest absolute Gasteiger partial charge is 0.303 e. The molecule has 0 atom stereocenters. The van der Waals surface area contributed by atoms with Crippen LogP contribution in [0.2, 0.25) is 0 Å². The molecule has 1 heterocycles. The minimum Gasteiger partial charge on any atom is -0.481 e. The molecule has 5 nitrogen and oxygen atoms in total. The predicted octanol–water partition coefficient (Wildman–Crippen LogP) is 2.07. The van der Waals surface area contributed by atoms with Crippen molar-refractivity contribution in [1.82, 2.24) is 10.1 Å². The maximum absolute atomic E-state index is 10.6. The normalized spacial score (nSPS) is 11.7. The predicted molar refractivity (Wildman–Crippen MR) is 58.0 cm³/mol. The highest BCUT2D eigenvalue weighted by Crippen LogP contribution is 2.25. The zero-order valence-corrected chi connectivity index (χ0v) is 9.99. The van der Waals surface area contributed by atoms with Gasteiger partial charge in [-0.15, -0.1) is 0 Å². The number of aryl methyl sites for hydroxylation is 1. The lowest BCUT2D eigenvalue weighted by molar-refractivity contribution is -0.139. The zero-order valence-electron chi connectivity index (χ0n) is 9.99. The van der Waals surface area contributed by atoms with E-state index in [1.807, 2.05) is 20.8 Å². The lowest BCUT2D eigenvalue weighted by Gasteiger charge is -2.19. The monoisotopic (exact) mass is 226 g/mol. The van der Waals surface area contributed by atoms with Gasteiger partial charge in [0.15, 0.2) is 5.82 Å². The molecule has 16 heavy (non-hydrogen) atoms. The number of carboxylic acid groups (broad SMARTS) is 1. The van der Waals surface area contributed by atoms with Crippen LogP contribution in [0.5, 0.6) is 0 Å². The average Bonchev–Trinajstić information content (AvgIpc) is 2.49. The maximum atomic E-state index is 10.6. The van der Waals surface area contributed by atoms with Gasteiger partial charge in [-0.25, -0.2) is 0 Å². The van der Waals surface area contributed by atoms with Crippen LogP contribution < -0.4 is 0 Å². The van der Waals surface area contributed by atoms with E-state index in [0.29, 0.717) is 18.1 Å². The van der Waals surface area contributed by atoms with Gasteiger partial charge in [0.05, 0.1) is 6.42 Å². The fraction of sp³-hybridized carbons (Fsp3) is 0.727. The number of hydrogen-bond acceptors (Lipinski definition) is 4. The van der Waals surface area contributed by atoms with Gasteiger partial charge in [0.25, 0.3) is 0 Å². The largest absolute Gasteiger partial charge is 0.481 e. The lowest BCUT2D eigenvalue weighted by atomic mass is 9.86. The van der Waals surface area contributed by atoms with Crippen LogP contribution in [0.15, 0.2) is 4.52 Å². The van der Waals surface area contributed by atoms with Crippen LogP contribution in [0, 0.1) is 5.41 Å². The van der Waals surface area contributed by atoms with Gasteiger partial charge in [0, 0.05) is 12.8 Å². The Balaban J connectivity index is 2.61.